The van der Waals surface area contributed by atoms with E-state index in [9.17, 15) is 14.4 Å². The summed E-state index contributed by atoms with van der Waals surface area (Å²) in [6.07, 6.45) is 2.73. The Balaban J connectivity index is 1.45. The van der Waals surface area contributed by atoms with E-state index in [2.05, 4.69) is 10.2 Å². The minimum absolute atomic E-state index is 0.278. The van der Waals surface area contributed by atoms with E-state index in [1.165, 1.54) is 19.3 Å². The lowest BCUT2D eigenvalue weighted by Gasteiger charge is -2.27. The Morgan fingerprint density at radius 1 is 1.06 bits per heavy atom. The van der Waals surface area contributed by atoms with Crippen LogP contribution in [0.1, 0.15) is 16.7 Å². The van der Waals surface area contributed by atoms with Gasteiger partial charge in [-0.3, -0.25) is 14.5 Å². The van der Waals surface area contributed by atoms with Crippen molar-refractivity contribution in [2.75, 3.05) is 46.6 Å². The van der Waals surface area contributed by atoms with Crippen molar-refractivity contribution in [3.8, 4) is 11.5 Å². The molecule has 2 aromatic carbocycles. The van der Waals surface area contributed by atoms with E-state index in [-0.39, 0.29) is 6.61 Å². The predicted octanol–water partition coefficient (Wildman–Crippen LogP) is 1.26. The van der Waals surface area contributed by atoms with E-state index >= 15 is 0 Å². The van der Waals surface area contributed by atoms with Crippen LogP contribution in [0, 0.1) is 0 Å². The molecule has 3 rings (SSSR count). The molecule has 1 heterocycles. The third-order valence-electron chi connectivity index (χ3n) is 5.41. The summed E-state index contributed by atoms with van der Waals surface area (Å²) < 4.78 is 20.9. The first-order valence-corrected chi connectivity index (χ1v) is 11.5. The van der Waals surface area contributed by atoms with Gasteiger partial charge in [0.2, 0.25) is 0 Å². The molecule has 1 aliphatic rings. The summed E-state index contributed by atoms with van der Waals surface area (Å²) in [5.74, 6) is -0.939. The number of rotatable bonds is 12. The second kappa shape index (κ2) is 13.9. The molecule has 0 atom stereocenters. The van der Waals surface area contributed by atoms with Crippen LogP contribution in [-0.2, 0) is 36.9 Å². The quantitative estimate of drug-likeness (QED) is 0.331. The van der Waals surface area contributed by atoms with Gasteiger partial charge in [0.05, 0.1) is 20.3 Å². The molecule has 0 saturated carbocycles. The zero-order chi connectivity index (χ0) is 25.8. The smallest absolute Gasteiger partial charge is 0.331 e. The van der Waals surface area contributed by atoms with Crippen molar-refractivity contribution in [2.24, 2.45) is 5.73 Å². The van der Waals surface area contributed by atoms with Crippen molar-refractivity contribution in [1.82, 2.24) is 10.2 Å². The molecule has 1 aliphatic heterocycles. The van der Waals surface area contributed by atoms with Crippen LogP contribution in [0.4, 0.5) is 0 Å². The topological polar surface area (TPSA) is 129 Å². The van der Waals surface area contributed by atoms with Gasteiger partial charge in [-0.1, -0.05) is 30.3 Å². The molecular weight excluding hydrogens is 466 g/mol. The number of nitrogens with one attached hydrogen (secondary N) is 1. The summed E-state index contributed by atoms with van der Waals surface area (Å²) in [7, 11) is 1.45. The highest BCUT2D eigenvalue weighted by atomic mass is 16.5. The van der Waals surface area contributed by atoms with Gasteiger partial charge in [-0.15, -0.1) is 0 Å². The fourth-order valence-electron chi connectivity index (χ4n) is 3.53. The van der Waals surface area contributed by atoms with Crippen molar-refractivity contribution in [3.63, 3.8) is 0 Å². The number of primary amides is 1. The van der Waals surface area contributed by atoms with Gasteiger partial charge in [-0.05, 0) is 34.9 Å². The molecule has 3 N–H and O–H groups in total. The van der Waals surface area contributed by atoms with Crippen molar-refractivity contribution < 1.29 is 33.3 Å². The first-order chi connectivity index (χ1) is 17.4. The maximum Gasteiger partial charge on any atom is 0.331 e. The average Bonchev–Trinajstić information content (AvgIpc) is 2.89. The fraction of sp³-hybridized carbons (Fsp3) is 0.346. The summed E-state index contributed by atoms with van der Waals surface area (Å²) in [4.78, 5) is 37.5. The van der Waals surface area contributed by atoms with Crippen LogP contribution in [-0.4, -0.2) is 69.3 Å². The highest BCUT2D eigenvalue weighted by molar-refractivity contribution is 5.89. The molecule has 0 spiro atoms. The minimum Gasteiger partial charge on any atom is -0.493 e. The summed E-state index contributed by atoms with van der Waals surface area (Å²) >= 11 is 0. The lowest BCUT2D eigenvalue weighted by Crippen LogP contribution is -2.36. The number of carbonyl (C=O) groups is 3. The van der Waals surface area contributed by atoms with Crippen molar-refractivity contribution in [2.45, 2.75) is 13.1 Å². The molecule has 0 radical (unpaired) electrons. The van der Waals surface area contributed by atoms with Crippen LogP contribution in [0.2, 0.25) is 0 Å². The maximum absolute atomic E-state index is 12.2. The summed E-state index contributed by atoms with van der Waals surface area (Å²) in [5, 5.41) is 2.80. The Morgan fingerprint density at radius 3 is 2.53 bits per heavy atom. The zero-order valence-electron chi connectivity index (χ0n) is 20.2. The lowest BCUT2D eigenvalue weighted by molar-refractivity contribution is -0.143. The number of hydrogen-bond donors (Lipinski definition) is 2. The largest absolute Gasteiger partial charge is 0.493 e. The van der Waals surface area contributed by atoms with E-state index in [1.54, 1.807) is 18.2 Å². The number of hydrogen-bond acceptors (Lipinski definition) is 8. The molecule has 0 aliphatic carbocycles. The van der Waals surface area contributed by atoms with Gasteiger partial charge >= 0.3 is 5.97 Å². The molecule has 10 nitrogen and oxygen atoms in total. The van der Waals surface area contributed by atoms with Crippen LogP contribution in [0.25, 0.3) is 6.08 Å². The Bertz CT molecular complexity index is 1080. The molecule has 1 saturated heterocycles. The standard InChI is InChI=1S/C26H31N3O7/c1-33-23-14-19(6-8-22(23)35-17-24(27)30)7-9-26(32)36-18-25(31)28-15-20-4-2-3-5-21(20)16-29-10-12-34-13-11-29/h2-9,14H,10-13,15-18H2,1H3,(H2,27,30)(H,28,31)/b9-7+. The van der Waals surface area contributed by atoms with Crippen molar-refractivity contribution >= 4 is 23.9 Å². The Hall–Kier alpha value is -3.89. The molecule has 1 fully saturated rings. The number of amides is 2. The number of nitrogens with zero attached hydrogens (tertiary/aromatic N) is 1. The van der Waals surface area contributed by atoms with Crippen LogP contribution in [0.15, 0.2) is 48.5 Å². The van der Waals surface area contributed by atoms with Crippen LogP contribution in [0.5, 0.6) is 11.5 Å². The Kier molecular flexibility index (Phi) is 10.3. The molecule has 10 heteroatoms. The number of benzene rings is 2. The number of esters is 1. The molecular formula is C26H31N3O7. The van der Waals surface area contributed by atoms with E-state index in [4.69, 9.17) is 24.7 Å². The van der Waals surface area contributed by atoms with Crippen molar-refractivity contribution in [1.29, 1.82) is 0 Å². The number of nitrogens with two attached hydrogens (primary N) is 1. The summed E-state index contributed by atoms with van der Waals surface area (Å²) in [6.45, 7) is 3.67. The Morgan fingerprint density at radius 2 is 1.81 bits per heavy atom. The molecule has 0 bridgehead atoms. The van der Waals surface area contributed by atoms with Gasteiger partial charge in [-0.25, -0.2) is 4.79 Å². The number of carbonyl (C=O) groups excluding carboxylic acids is 3. The van der Waals surface area contributed by atoms with Crippen molar-refractivity contribution in [3.05, 3.63) is 65.2 Å². The van der Waals surface area contributed by atoms with Gasteiger partial charge in [0, 0.05) is 32.3 Å². The van der Waals surface area contributed by atoms with Gasteiger partial charge in [-0.2, -0.15) is 0 Å². The van der Waals surface area contributed by atoms with Gasteiger partial charge in [0.1, 0.15) is 0 Å². The zero-order valence-corrected chi connectivity index (χ0v) is 20.2. The number of morpholine rings is 1. The third-order valence-corrected chi connectivity index (χ3v) is 5.41. The molecule has 36 heavy (non-hydrogen) atoms. The maximum atomic E-state index is 12.2. The highest BCUT2D eigenvalue weighted by Gasteiger charge is 2.13. The number of methoxy groups -OCH3 is 1. The van der Waals surface area contributed by atoms with E-state index in [0.717, 1.165) is 44.0 Å². The van der Waals surface area contributed by atoms with Gasteiger partial charge in [0.25, 0.3) is 11.8 Å². The molecule has 2 amide bonds. The van der Waals surface area contributed by atoms with Crippen LogP contribution >= 0.6 is 0 Å². The molecule has 0 unspecified atom stereocenters. The van der Waals surface area contributed by atoms with E-state index < -0.39 is 24.4 Å². The second-order valence-electron chi connectivity index (χ2n) is 8.04. The van der Waals surface area contributed by atoms with E-state index in [0.29, 0.717) is 23.6 Å². The number of ether oxygens (including phenoxy) is 4. The summed E-state index contributed by atoms with van der Waals surface area (Å²) in [5.41, 5.74) is 7.87. The molecule has 2 aromatic rings. The minimum atomic E-state index is -0.661. The SMILES string of the molecule is COc1cc(/C=C/C(=O)OCC(=O)NCc2ccccc2CN2CCOCC2)ccc1OCC(N)=O. The summed E-state index contributed by atoms with van der Waals surface area (Å²) in [6, 6.07) is 12.8. The predicted molar refractivity (Wildman–Crippen MR) is 132 cm³/mol. The van der Waals surface area contributed by atoms with Crippen LogP contribution < -0.4 is 20.5 Å². The first kappa shape index (κ1) is 26.7. The van der Waals surface area contributed by atoms with Crippen LogP contribution in [0.3, 0.4) is 0 Å². The van der Waals surface area contributed by atoms with E-state index in [1.807, 2.05) is 24.3 Å². The Labute approximate surface area is 209 Å². The van der Waals surface area contributed by atoms with Gasteiger partial charge < -0.3 is 30.0 Å². The second-order valence-corrected chi connectivity index (χ2v) is 8.04. The van der Waals surface area contributed by atoms with Gasteiger partial charge in [0.15, 0.2) is 24.7 Å². The molecule has 192 valence electrons. The molecule has 0 aromatic heterocycles. The third kappa shape index (κ3) is 8.71. The monoisotopic (exact) mass is 497 g/mol. The lowest BCUT2D eigenvalue weighted by atomic mass is 10.1. The fourth-order valence-corrected chi connectivity index (χ4v) is 3.53. The first-order valence-electron chi connectivity index (χ1n) is 11.5. The normalized spacial score (nSPS) is 13.8. The highest BCUT2D eigenvalue weighted by Crippen LogP contribution is 2.28. The average molecular weight is 498 g/mol.